The van der Waals surface area contributed by atoms with Gasteiger partial charge in [0, 0.05) is 5.56 Å². The Hall–Kier alpha value is -2.99. The molecular formula is C22H20BrNO4. The lowest BCUT2D eigenvalue weighted by Crippen LogP contribution is -2.13. The van der Waals surface area contributed by atoms with Gasteiger partial charge in [0.25, 0.3) is 5.91 Å². The van der Waals surface area contributed by atoms with E-state index in [0.717, 1.165) is 0 Å². The van der Waals surface area contributed by atoms with Crippen LogP contribution in [0.5, 0.6) is 23.0 Å². The molecule has 1 N–H and O–H groups in total. The van der Waals surface area contributed by atoms with E-state index in [1.807, 2.05) is 49.4 Å². The van der Waals surface area contributed by atoms with Crippen LogP contribution in [0.1, 0.15) is 17.3 Å². The molecule has 0 spiro atoms. The van der Waals surface area contributed by atoms with Crippen LogP contribution in [0.15, 0.2) is 71.2 Å². The molecule has 0 aliphatic heterocycles. The van der Waals surface area contributed by atoms with Crippen LogP contribution in [-0.4, -0.2) is 19.6 Å². The van der Waals surface area contributed by atoms with Crippen LogP contribution in [0.25, 0.3) is 0 Å². The maximum absolute atomic E-state index is 12.8. The van der Waals surface area contributed by atoms with E-state index in [-0.39, 0.29) is 5.91 Å². The Morgan fingerprint density at radius 2 is 1.71 bits per heavy atom. The largest absolute Gasteiger partial charge is 0.492 e. The molecule has 144 valence electrons. The molecule has 6 heteroatoms. The zero-order valence-electron chi connectivity index (χ0n) is 15.6. The summed E-state index contributed by atoms with van der Waals surface area (Å²) in [4.78, 5) is 12.8. The minimum atomic E-state index is -0.284. The van der Waals surface area contributed by atoms with E-state index in [4.69, 9.17) is 14.2 Å². The molecule has 0 heterocycles. The third-order valence-corrected chi connectivity index (χ3v) is 4.47. The second kappa shape index (κ2) is 9.28. The lowest BCUT2D eigenvalue weighted by atomic mass is 10.1. The Kier molecular flexibility index (Phi) is 6.55. The minimum Gasteiger partial charge on any atom is -0.492 e. The lowest BCUT2D eigenvalue weighted by Gasteiger charge is -2.15. The molecule has 0 saturated carbocycles. The molecular weight excluding hydrogens is 422 g/mol. The highest BCUT2D eigenvalue weighted by molar-refractivity contribution is 9.10. The summed E-state index contributed by atoms with van der Waals surface area (Å²) in [7, 11) is 1.56. The molecule has 0 unspecified atom stereocenters. The molecule has 3 aromatic carbocycles. The van der Waals surface area contributed by atoms with Crippen LogP contribution in [0.2, 0.25) is 0 Å². The number of halogens is 1. The van der Waals surface area contributed by atoms with Gasteiger partial charge in [-0.05, 0) is 59.3 Å². The first-order chi connectivity index (χ1) is 13.6. The van der Waals surface area contributed by atoms with E-state index in [2.05, 4.69) is 21.2 Å². The smallest absolute Gasteiger partial charge is 0.255 e. The monoisotopic (exact) mass is 441 g/mol. The van der Waals surface area contributed by atoms with Gasteiger partial charge in [-0.1, -0.05) is 30.3 Å². The first-order valence-corrected chi connectivity index (χ1v) is 9.55. The van der Waals surface area contributed by atoms with E-state index in [0.29, 0.717) is 45.3 Å². The molecule has 0 radical (unpaired) electrons. The number of benzene rings is 3. The number of amides is 1. The molecule has 1 amide bonds. The topological polar surface area (TPSA) is 56.8 Å². The van der Waals surface area contributed by atoms with E-state index in [1.165, 1.54) is 0 Å². The Balaban J connectivity index is 1.86. The van der Waals surface area contributed by atoms with E-state index >= 15 is 0 Å². The summed E-state index contributed by atoms with van der Waals surface area (Å²) >= 11 is 3.43. The third-order valence-electron chi connectivity index (χ3n) is 3.88. The molecule has 3 rings (SSSR count). The summed E-state index contributed by atoms with van der Waals surface area (Å²) in [5, 5.41) is 2.90. The number of hydrogen-bond donors (Lipinski definition) is 1. The van der Waals surface area contributed by atoms with Crippen LogP contribution >= 0.6 is 15.9 Å². The summed E-state index contributed by atoms with van der Waals surface area (Å²) in [5.74, 6) is 2.01. The van der Waals surface area contributed by atoms with Crippen molar-refractivity contribution in [1.82, 2.24) is 0 Å². The fourth-order valence-corrected chi connectivity index (χ4v) is 3.23. The summed E-state index contributed by atoms with van der Waals surface area (Å²) in [5.41, 5.74) is 1.01. The molecule has 0 aromatic heterocycles. The summed E-state index contributed by atoms with van der Waals surface area (Å²) in [6.07, 6.45) is 0. The van der Waals surface area contributed by atoms with Gasteiger partial charge in [-0.3, -0.25) is 4.79 Å². The standard InChI is InChI=1S/C22H20BrNO4/c1-3-27-20-14-15(13-17(23)21(20)26-2)22(25)24-18-11-7-8-12-19(18)28-16-9-5-4-6-10-16/h4-14H,3H2,1-2H3,(H,24,25). The fraction of sp³-hybridized carbons (Fsp3) is 0.136. The maximum Gasteiger partial charge on any atom is 0.255 e. The van der Waals surface area contributed by atoms with Crippen molar-refractivity contribution in [2.75, 3.05) is 19.0 Å². The average molecular weight is 442 g/mol. The molecule has 0 atom stereocenters. The van der Waals surface area contributed by atoms with Gasteiger partial charge in [0.2, 0.25) is 0 Å². The Morgan fingerprint density at radius 3 is 2.43 bits per heavy atom. The highest BCUT2D eigenvalue weighted by Gasteiger charge is 2.17. The number of methoxy groups -OCH3 is 1. The van der Waals surface area contributed by atoms with Gasteiger partial charge in [-0.25, -0.2) is 0 Å². The van der Waals surface area contributed by atoms with E-state index < -0.39 is 0 Å². The Bertz CT molecular complexity index is 960. The van der Waals surface area contributed by atoms with Crippen molar-refractivity contribution >= 4 is 27.5 Å². The number of carbonyl (C=O) groups excluding carboxylic acids is 1. The maximum atomic E-state index is 12.8. The zero-order valence-corrected chi connectivity index (χ0v) is 17.2. The van der Waals surface area contributed by atoms with Crippen LogP contribution in [0.3, 0.4) is 0 Å². The van der Waals surface area contributed by atoms with Crippen LogP contribution in [-0.2, 0) is 0 Å². The van der Waals surface area contributed by atoms with Crippen molar-refractivity contribution in [3.63, 3.8) is 0 Å². The first kappa shape index (κ1) is 19.8. The Morgan fingerprint density at radius 1 is 1.00 bits per heavy atom. The van der Waals surface area contributed by atoms with Gasteiger partial charge in [-0.15, -0.1) is 0 Å². The van der Waals surface area contributed by atoms with Crippen molar-refractivity contribution in [2.24, 2.45) is 0 Å². The molecule has 0 aliphatic carbocycles. The predicted molar refractivity (Wildman–Crippen MR) is 113 cm³/mol. The molecule has 28 heavy (non-hydrogen) atoms. The van der Waals surface area contributed by atoms with Gasteiger partial charge >= 0.3 is 0 Å². The second-order valence-corrected chi connectivity index (χ2v) is 6.64. The highest BCUT2D eigenvalue weighted by atomic mass is 79.9. The number of hydrogen-bond acceptors (Lipinski definition) is 4. The molecule has 0 fully saturated rings. The summed E-state index contributed by atoms with van der Waals surface area (Å²) < 4.78 is 17.5. The molecule has 0 bridgehead atoms. The number of rotatable bonds is 7. The number of ether oxygens (including phenoxy) is 3. The highest BCUT2D eigenvalue weighted by Crippen LogP contribution is 2.37. The van der Waals surface area contributed by atoms with Gasteiger partial charge in [0.1, 0.15) is 5.75 Å². The summed E-state index contributed by atoms with van der Waals surface area (Å²) in [6, 6.07) is 20.0. The number of carbonyl (C=O) groups is 1. The first-order valence-electron chi connectivity index (χ1n) is 8.76. The van der Waals surface area contributed by atoms with Crippen molar-refractivity contribution in [3.05, 3.63) is 76.8 Å². The van der Waals surface area contributed by atoms with Crippen molar-refractivity contribution in [3.8, 4) is 23.0 Å². The fourth-order valence-electron chi connectivity index (χ4n) is 2.63. The van der Waals surface area contributed by atoms with Crippen LogP contribution in [0.4, 0.5) is 5.69 Å². The van der Waals surface area contributed by atoms with Gasteiger partial charge in [0.15, 0.2) is 17.2 Å². The number of nitrogens with one attached hydrogen (secondary N) is 1. The van der Waals surface area contributed by atoms with Crippen molar-refractivity contribution in [2.45, 2.75) is 6.92 Å². The SMILES string of the molecule is CCOc1cc(C(=O)Nc2ccccc2Oc2ccccc2)cc(Br)c1OC. The normalized spacial score (nSPS) is 10.2. The number of anilines is 1. The van der Waals surface area contributed by atoms with Crippen LogP contribution < -0.4 is 19.5 Å². The summed E-state index contributed by atoms with van der Waals surface area (Å²) in [6.45, 7) is 2.33. The van der Waals surface area contributed by atoms with Gasteiger partial charge < -0.3 is 19.5 Å². The van der Waals surface area contributed by atoms with E-state index in [1.54, 1.807) is 31.4 Å². The minimum absolute atomic E-state index is 0.284. The molecule has 0 saturated heterocycles. The van der Waals surface area contributed by atoms with Crippen molar-refractivity contribution in [1.29, 1.82) is 0 Å². The zero-order chi connectivity index (χ0) is 19.9. The quantitative estimate of drug-likeness (QED) is 0.495. The predicted octanol–water partition coefficient (Wildman–Crippen LogP) is 5.90. The van der Waals surface area contributed by atoms with Gasteiger partial charge in [-0.2, -0.15) is 0 Å². The Labute approximate surface area is 172 Å². The number of para-hydroxylation sites is 3. The molecule has 0 aliphatic rings. The van der Waals surface area contributed by atoms with E-state index in [9.17, 15) is 4.79 Å². The van der Waals surface area contributed by atoms with Gasteiger partial charge in [0.05, 0.1) is 23.9 Å². The lowest BCUT2D eigenvalue weighted by molar-refractivity contribution is 0.102. The molecule has 5 nitrogen and oxygen atoms in total. The third kappa shape index (κ3) is 4.64. The second-order valence-electron chi connectivity index (χ2n) is 5.79. The average Bonchev–Trinajstić information content (AvgIpc) is 2.70. The molecule has 3 aromatic rings. The van der Waals surface area contributed by atoms with Crippen molar-refractivity contribution < 1.29 is 19.0 Å². The van der Waals surface area contributed by atoms with Crippen LogP contribution in [0, 0.1) is 0 Å².